The number of rotatable bonds is 7. The molecule has 0 unspecified atom stereocenters. The molecule has 86 valence electrons. The third-order valence-electron chi connectivity index (χ3n) is 2.38. The van der Waals surface area contributed by atoms with Crippen LogP contribution in [0.4, 0.5) is 0 Å². The van der Waals surface area contributed by atoms with E-state index >= 15 is 0 Å². The summed E-state index contributed by atoms with van der Waals surface area (Å²) < 4.78 is 0. The Hall–Kier alpha value is -1.19. The Morgan fingerprint density at radius 2 is 1.73 bits per heavy atom. The molecule has 0 aromatic heterocycles. The van der Waals surface area contributed by atoms with Gasteiger partial charge in [-0.15, -0.1) is 0 Å². The highest BCUT2D eigenvalue weighted by atomic mass is 16.4. The predicted molar refractivity (Wildman–Crippen MR) is 55.5 cm³/mol. The fourth-order valence-electron chi connectivity index (χ4n) is 1.27. The SMILES string of the molecule is CC(=O)[C@@H](CCC(=O)C(C)C)CC(=O)O. The molecular formula is C11H18O4. The first-order valence-corrected chi connectivity index (χ1v) is 5.09. The van der Waals surface area contributed by atoms with Gasteiger partial charge in [-0.25, -0.2) is 0 Å². The Kier molecular flexibility index (Phi) is 5.82. The summed E-state index contributed by atoms with van der Waals surface area (Å²) in [5.41, 5.74) is 0. The molecule has 4 nitrogen and oxygen atoms in total. The van der Waals surface area contributed by atoms with E-state index in [1.165, 1.54) is 6.92 Å². The maximum atomic E-state index is 11.3. The molecule has 0 rings (SSSR count). The van der Waals surface area contributed by atoms with Crippen molar-refractivity contribution in [3.8, 4) is 0 Å². The number of hydrogen-bond acceptors (Lipinski definition) is 3. The summed E-state index contributed by atoms with van der Waals surface area (Å²) in [6.45, 7) is 4.96. The number of aliphatic carboxylic acids is 1. The number of carboxylic acid groups (broad SMARTS) is 1. The van der Waals surface area contributed by atoms with E-state index in [1.54, 1.807) is 13.8 Å². The molecule has 0 aliphatic rings. The number of Topliss-reactive ketones (excluding diaryl/α,β-unsaturated/α-hetero) is 2. The highest BCUT2D eigenvalue weighted by Gasteiger charge is 2.19. The van der Waals surface area contributed by atoms with Gasteiger partial charge in [0, 0.05) is 18.3 Å². The van der Waals surface area contributed by atoms with Crippen molar-refractivity contribution in [2.45, 2.75) is 40.0 Å². The minimum atomic E-state index is -0.993. The Morgan fingerprint density at radius 3 is 2.07 bits per heavy atom. The Bertz CT molecular complexity index is 255. The van der Waals surface area contributed by atoms with E-state index in [0.29, 0.717) is 6.42 Å². The molecule has 0 saturated carbocycles. The van der Waals surface area contributed by atoms with E-state index in [-0.39, 0.29) is 30.3 Å². The zero-order valence-corrected chi connectivity index (χ0v) is 9.45. The maximum Gasteiger partial charge on any atom is 0.304 e. The van der Waals surface area contributed by atoms with Gasteiger partial charge in [-0.1, -0.05) is 13.8 Å². The molecule has 0 heterocycles. The highest BCUT2D eigenvalue weighted by Crippen LogP contribution is 2.14. The first-order chi connectivity index (χ1) is 6.84. The molecule has 15 heavy (non-hydrogen) atoms. The van der Waals surface area contributed by atoms with Crippen LogP contribution >= 0.6 is 0 Å². The van der Waals surface area contributed by atoms with Gasteiger partial charge in [0.1, 0.15) is 11.6 Å². The summed E-state index contributed by atoms with van der Waals surface area (Å²) in [6.07, 6.45) is 0.453. The molecular weight excluding hydrogens is 196 g/mol. The monoisotopic (exact) mass is 214 g/mol. The Balaban J connectivity index is 4.13. The van der Waals surface area contributed by atoms with Crippen LogP contribution in [0.5, 0.6) is 0 Å². The molecule has 0 spiro atoms. The van der Waals surface area contributed by atoms with Crippen LogP contribution in [0.3, 0.4) is 0 Å². The van der Waals surface area contributed by atoms with Gasteiger partial charge in [0.15, 0.2) is 0 Å². The molecule has 0 amide bonds. The third-order valence-corrected chi connectivity index (χ3v) is 2.38. The van der Waals surface area contributed by atoms with Crippen molar-refractivity contribution in [1.82, 2.24) is 0 Å². The quantitative estimate of drug-likeness (QED) is 0.699. The van der Waals surface area contributed by atoms with Crippen LogP contribution in [0.15, 0.2) is 0 Å². The lowest BCUT2D eigenvalue weighted by Crippen LogP contribution is -2.18. The zero-order valence-electron chi connectivity index (χ0n) is 9.45. The van der Waals surface area contributed by atoms with Crippen molar-refractivity contribution in [3.05, 3.63) is 0 Å². The van der Waals surface area contributed by atoms with Crippen LogP contribution in [0.1, 0.15) is 40.0 Å². The molecule has 1 atom stereocenters. The van der Waals surface area contributed by atoms with E-state index < -0.39 is 11.9 Å². The lowest BCUT2D eigenvalue weighted by atomic mass is 9.92. The number of carbonyl (C=O) groups is 3. The molecule has 0 aromatic carbocycles. The standard InChI is InChI=1S/C11H18O4/c1-7(2)10(13)5-4-9(8(3)12)6-11(14)15/h7,9H,4-6H2,1-3H3,(H,14,15)/t9-/m0/s1. The van der Waals surface area contributed by atoms with Gasteiger partial charge in [-0.2, -0.15) is 0 Å². The molecule has 0 aromatic rings. The van der Waals surface area contributed by atoms with Crippen molar-refractivity contribution in [2.75, 3.05) is 0 Å². The lowest BCUT2D eigenvalue weighted by Gasteiger charge is -2.11. The summed E-state index contributed by atoms with van der Waals surface area (Å²) in [4.78, 5) is 32.8. The fourth-order valence-corrected chi connectivity index (χ4v) is 1.27. The number of hydrogen-bond donors (Lipinski definition) is 1. The number of carboxylic acids is 1. The van der Waals surface area contributed by atoms with E-state index in [2.05, 4.69) is 0 Å². The summed E-state index contributed by atoms with van der Waals surface area (Å²) >= 11 is 0. The first kappa shape index (κ1) is 13.8. The second kappa shape index (κ2) is 6.32. The van der Waals surface area contributed by atoms with Gasteiger partial charge in [0.2, 0.25) is 0 Å². The van der Waals surface area contributed by atoms with E-state index in [1.807, 2.05) is 0 Å². The van der Waals surface area contributed by atoms with Crippen molar-refractivity contribution < 1.29 is 19.5 Å². The van der Waals surface area contributed by atoms with Gasteiger partial charge >= 0.3 is 5.97 Å². The minimum absolute atomic E-state index is 0.0533. The molecule has 0 saturated heterocycles. The minimum Gasteiger partial charge on any atom is -0.481 e. The smallest absolute Gasteiger partial charge is 0.304 e. The van der Waals surface area contributed by atoms with Crippen LogP contribution < -0.4 is 0 Å². The van der Waals surface area contributed by atoms with Crippen molar-refractivity contribution in [2.24, 2.45) is 11.8 Å². The Labute approximate surface area is 89.7 Å². The van der Waals surface area contributed by atoms with Gasteiger partial charge in [-0.05, 0) is 13.3 Å². The van der Waals surface area contributed by atoms with Crippen molar-refractivity contribution in [3.63, 3.8) is 0 Å². The van der Waals surface area contributed by atoms with E-state index in [0.717, 1.165) is 0 Å². The molecule has 0 radical (unpaired) electrons. The second-order valence-electron chi connectivity index (χ2n) is 4.07. The topological polar surface area (TPSA) is 71.4 Å². The van der Waals surface area contributed by atoms with Crippen LogP contribution in [-0.4, -0.2) is 22.6 Å². The van der Waals surface area contributed by atoms with Gasteiger partial charge in [0.05, 0.1) is 6.42 Å². The van der Waals surface area contributed by atoms with Crippen LogP contribution in [0, 0.1) is 11.8 Å². The second-order valence-corrected chi connectivity index (χ2v) is 4.07. The molecule has 0 bridgehead atoms. The highest BCUT2D eigenvalue weighted by molar-refractivity contribution is 5.84. The largest absolute Gasteiger partial charge is 0.481 e. The van der Waals surface area contributed by atoms with Gasteiger partial charge in [-0.3, -0.25) is 14.4 Å². The molecule has 0 aliphatic heterocycles. The average molecular weight is 214 g/mol. The molecule has 4 heteroatoms. The van der Waals surface area contributed by atoms with Crippen molar-refractivity contribution >= 4 is 17.5 Å². The lowest BCUT2D eigenvalue weighted by molar-refractivity contribution is -0.140. The molecule has 0 aliphatic carbocycles. The summed E-state index contributed by atoms with van der Waals surface area (Å²) in [5, 5.41) is 8.57. The van der Waals surface area contributed by atoms with Crippen LogP contribution in [0.25, 0.3) is 0 Å². The third kappa shape index (κ3) is 5.99. The zero-order chi connectivity index (χ0) is 12.0. The number of carbonyl (C=O) groups excluding carboxylic acids is 2. The maximum absolute atomic E-state index is 11.3. The molecule has 0 fully saturated rings. The fraction of sp³-hybridized carbons (Fsp3) is 0.727. The summed E-state index contributed by atoms with van der Waals surface area (Å²) in [6, 6.07) is 0. The van der Waals surface area contributed by atoms with Crippen LogP contribution in [-0.2, 0) is 14.4 Å². The Morgan fingerprint density at radius 1 is 1.20 bits per heavy atom. The normalized spacial score (nSPS) is 12.5. The summed E-state index contributed by atoms with van der Waals surface area (Å²) in [5.74, 6) is -1.65. The van der Waals surface area contributed by atoms with Crippen LogP contribution in [0.2, 0.25) is 0 Å². The van der Waals surface area contributed by atoms with Gasteiger partial charge in [0.25, 0.3) is 0 Å². The number of ketones is 2. The molecule has 1 N–H and O–H groups in total. The van der Waals surface area contributed by atoms with E-state index in [9.17, 15) is 14.4 Å². The average Bonchev–Trinajstić information content (AvgIpc) is 2.10. The van der Waals surface area contributed by atoms with E-state index in [4.69, 9.17) is 5.11 Å². The first-order valence-electron chi connectivity index (χ1n) is 5.09. The van der Waals surface area contributed by atoms with Crippen molar-refractivity contribution in [1.29, 1.82) is 0 Å². The van der Waals surface area contributed by atoms with Gasteiger partial charge < -0.3 is 5.11 Å². The summed E-state index contributed by atoms with van der Waals surface area (Å²) in [7, 11) is 0. The predicted octanol–water partition coefficient (Wildman–Crippen LogP) is 1.67.